The van der Waals surface area contributed by atoms with Crippen LogP contribution in [0.25, 0.3) is 0 Å². The lowest BCUT2D eigenvalue weighted by molar-refractivity contribution is 0.0942. The van der Waals surface area contributed by atoms with E-state index in [0.29, 0.717) is 11.6 Å². The molecule has 0 saturated heterocycles. The number of carbonyl (C=O) groups is 1. The third-order valence-corrected chi connectivity index (χ3v) is 5.29. The number of hydrogen-bond acceptors (Lipinski definition) is 4. The smallest absolute Gasteiger partial charge is 0.269 e. The minimum absolute atomic E-state index is 0.00102. The highest BCUT2D eigenvalue weighted by molar-refractivity contribution is 7.09. The molecule has 5 nitrogen and oxygen atoms in total. The summed E-state index contributed by atoms with van der Waals surface area (Å²) in [6.07, 6.45) is 3.63. The van der Waals surface area contributed by atoms with Gasteiger partial charge >= 0.3 is 0 Å². The largest absolute Gasteiger partial charge is 0.351 e. The molecule has 0 fully saturated rings. The molecule has 0 aromatic carbocycles. The molecule has 1 amide bonds. The fourth-order valence-electron chi connectivity index (χ4n) is 3.00. The van der Waals surface area contributed by atoms with Crippen molar-refractivity contribution in [1.82, 2.24) is 19.8 Å². The maximum atomic E-state index is 12.4. The Morgan fingerprint density at radius 1 is 1.38 bits per heavy atom. The maximum Gasteiger partial charge on any atom is 0.269 e. The van der Waals surface area contributed by atoms with Crippen LogP contribution < -0.4 is 5.32 Å². The van der Waals surface area contributed by atoms with Crippen molar-refractivity contribution in [3.8, 4) is 0 Å². The highest BCUT2D eigenvalue weighted by atomic mass is 32.1. The van der Waals surface area contributed by atoms with Crippen LogP contribution in [0.2, 0.25) is 0 Å². The summed E-state index contributed by atoms with van der Waals surface area (Å²) in [4.78, 5) is 20.8. The fourth-order valence-corrected chi connectivity index (χ4v) is 3.75. The molecule has 130 valence electrons. The second-order valence-electron chi connectivity index (χ2n) is 6.76. The number of aromatic nitrogens is 2. The van der Waals surface area contributed by atoms with Crippen molar-refractivity contribution in [3.05, 3.63) is 40.1 Å². The molecule has 0 radical (unpaired) electrons. The molecule has 3 heterocycles. The molecular weight excluding hydrogens is 320 g/mol. The van der Waals surface area contributed by atoms with Gasteiger partial charge in [0.05, 0.1) is 6.20 Å². The molecule has 2 aromatic rings. The summed E-state index contributed by atoms with van der Waals surface area (Å²) in [7, 11) is 0. The van der Waals surface area contributed by atoms with E-state index in [2.05, 4.69) is 51.1 Å². The summed E-state index contributed by atoms with van der Waals surface area (Å²) >= 11 is 1.80. The molecule has 0 unspecified atom stereocenters. The van der Waals surface area contributed by atoms with Crippen LogP contribution in [0.4, 0.5) is 0 Å². The standard InChI is InChI=1S/C18H26N4OS/c1-14(2)5-7-19-18(23)16-12-20-17-6-8-21(9-10-22(16)17)13-15-4-3-11-24-15/h3-4,11-12,14H,5-10,13H2,1-2H3,(H,19,23). The molecule has 1 aliphatic heterocycles. The number of hydrogen-bond donors (Lipinski definition) is 1. The second kappa shape index (κ2) is 7.94. The Bertz CT molecular complexity index is 663. The summed E-state index contributed by atoms with van der Waals surface area (Å²) in [5.41, 5.74) is 0.701. The van der Waals surface area contributed by atoms with Gasteiger partial charge in [-0.1, -0.05) is 19.9 Å². The van der Waals surface area contributed by atoms with Crippen molar-refractivity contribution in [3.63, 3.8) is 0 Å². The van der Waals surface area contributed by atoms with Crippen LogP contribution in [0, 0.1) is 5.92 Å². The Morgan fingerprint density at radius 2 is 2.25 bits per heavy atom. The normalized spacial score (nSPS) is 15.3. The van der Waals surface area contributed by atoms with Crippen LogP contribution in [-0.2, 0) is 19.5 Å². The minimum Gasteiger partial charge on any atom is -0.351 e. The van der Waals surface area contributed by atoms with Crippen molar-refractivity contribution < 1.29 is 4.79 Å². The number of fused-ring (bicyclic) bond motifs is 1. The van der Waals surface area contributed by atoms with Crippen molar-refractivity contribution in [1.29, 1.82) is 0 Å². The van der Waals surface area contributed by atoms with Crippen LogP contribution in [0.1, 0.15) is 41.5 Å². The molecule has 24 heavy (non-hydrogen) atoms. The molecule has 0 atom stereocenters. The Labute approximate surface area is 147 Å². The van der Waals surface area contributed by atoms with Crippen LogP contribution in [-0.4, -0.2) is 40.0 Å². The molecule has 0 aliphatic carbocycles. The van der Waals surface area contributed by atoms with E-state index in [1.807, 2.05) is 0 Å². The highest BCUT2D eigenvalue weighted by Crippen LogP contribution is 2.16. The summed E-state index contributed by atoms with van der Waals surface area (Å²) < 4.78 is 2.10. The molecule has 6 heteroatoms. The SMILES string of the molecule is CC(C)CCNC(=O)c1cnc2n1CCN(Cc1cccs1)CC2. The molecular formula is C18H26N4OS. The second-order valence-corrected chi connectivity index (χ2v) is 7.79. The van der Waals surface area contributed by atoms with Gasteiger partial charge in [0.1, 0.15) is 11.5 Å². The molecule has 3 rings (SSSR count). The third kappa shape index (κ3) is 4.24. The van der Waals surface area contributed by atoms with Gasteiger partial charge in [-0.2, -0.15) is 0 Å². The zero-order valence-corrected chi connectivity index (χ0v) is 15.3. The van der Waals surface area contributed by atoms with Crippen molar-refractivity contribution >= 4 is 17.2 Å². The third-order valence-electron chi connectivity index (χ3n) is 4.43. The number of rotatable bonds is 6. The number of imidazole rings is 1. The van der Waals surface area contributed by atoms with Crippen LogP contribution >= 0.6 is 11.3 Å². The lowest BCUT2D eigenvalue weighted by atomic mass is 10.1. The zero-order chi connectivity index (χ0) is 16.9. The van der Waals surface area contributed by atoms with E-state index in [4.69, 9.17) is 0 Å². The Morgan fingerprint density at radius 3 is 3.00 bits per heavy atom. The van der Waals surface area contributed by atoms with E-state index in [0.717, 1.165) is 51.4 Å². The first-order valence-electron chi connectivity index (χ1n) is 8.71. The molecule has 2 aromatic heterocycles. The number of amides is 1. The van der Waals surface area contributed by atoms with Gasteiger partial charge < -0.3 is 9.88 Å². The van der Waals surface area contributed by atoms with Gasteiger partial charge in [-0.3, -0.25) is 9.69 Å². The van der Waals surface area contributed by atoms with Gasteiger partial charge in [0, 0.05) is 44.0 Å². The van der Waals surface area contributed by atoms with E-state index < -0.39 is 0 Å². The quantitative estimate of drug-likeness (QED) is 0.875. The molecule has 0 saturated carbocycles. The first kappa shape index (κ1) is 17.2. The molecule has 1 aliphatic rings. The first-order chi connectivity index (χ1) is 11.6. The van der Waals surface area contributed by atoms with Crippen molar-refractivity contribution in [2.24, 2.45) is 5.92 Å². The van der Waals surface area contributed by atoms with Gasteiger partial charge in [0.25, 0.3) is 5.91 Å². The van der Waals surface area contributed by atoms with Crippen LogP contribution in [0.3, 0.4) is 0 Å². The minimum atomic E-state index is 0.00102. The Hall–Kier alpha value is -1.66. The predicted molar refractivity (Wildman–Crippen MR) is 97.3 cm³/mol. The van der Waals surface area contributed by atoms with Crippen LogP contribution in [0.15, 0.2) is 23.7 Å². The lowest BCUT2D eigenvalue weighted by Gasteiger charge is -2.18. The molecule has 0 spiro atoms. The topological polar surface area (TPSA) is 50.2 Å². The summed E-state index contributed by atoms with van der Waals surface area (Å²) in [6, 6.07) is 4.28. The average Bonchev–Trinajstić information content (AvgIpc) is 3.15. The number of carbonyl (C=O) groups excluding carboxylic acids is 1. The first-order valence-corrected chi connectivity index (χ1v) is 9.59. The van der Waals surface area contributed by atoms with E-state index in [1.165, 1.54) is 4.88 Å². The fraction of sp³-hybridized carbons (Fsp3) is 0.556. The molecule has 0 bridgehead atoms. The van der Waals surface area contributed by atoms with Gasteiger partial charge in [0.2, 0.25) is 0 Å². The Kier molecular flexibility index (Phi) is 5.68. The number of nitrogens with one attached hydrogen (secondary N) is 1. The number of nitrogens with zero attached hydrogens (tertiary/aromatic N) is 3. The summed E-state index contributed by atoms with van der Waals surface area (Å²) in [5, 5.41) is 5.15. The monoisotopic (exact) mass is 346 g/mol. The van der Waals surface area contributed by atoms with E-state index >= 15 is 0 Å². The average molecular weight is 347 g/mol. The van der Waals surface area contributed by atoms with Gasteiger partial charge in [-0.05, 0) is 23.8 Å². The van der Waals surface area contributed by atoms with E-state index in [-0.39, 0.29) is 5.91 Å². The van der Waals surface area contributed by atoms with Gasteiger partial charge in [0.15, 0.2) is 0 Å². The predicted octanol–water partition coefficient (Wildman–Crippen LogP) is 2.78. The summed E-state index contributed by atoms with van der Waals surface area (Å²) in [5.74, 6) is 1.62. The van der Waals surface area contributed by atoms with E-state index in [1.54, 1.807) is 17.5 Å². The van der Waals surface area contributed by atoms with Gasteiger partial charge in [-0.25, -0.2) is 4.98 Å². The highest BCUT2D eigenvalue weighted by Gasteiger charge is 2.20. The van der Waals surface area contributed by atoms with Gasteiger partial charge in [-0.15, -0.1) is 11.3 Å². The van der Waals surface area contributed by atoms with E-state index in [9.17, 15) is 4.79 Å². The molecule has 1 N–H and O–H groups in total. The zero-order valence-electron chi connectivity index (χ0n) is 14.5. The maximum absolute atomic E-state index is 12.4. The van der Waals surface area contributed by atoms with Crippen molar-refractivity contribution in [2.45, 2.75) is 39.8 Å². The summed E-state index contributed by atoms with van der Waals surface area (Å²) in [6.45, 7) is 8.81. The Balaban J connectivity index is 1.60. The number of thiophene rings is 1. The van der Waals surface area contributed by atoms with Crippen molar-refractivity contribution in [2.75, 3.05) is 19.6 Å². The van der Waals surface area contributed by atoms with Crippen LogP contribution in [0.5, 0.6) is 0 Å². The lowest BCUT2D eigenvalue weighted by Crippen LogP contribution is -2.29.